The van der Waals surface area contributed by atoms with Crippen LogP contribution in [0.4, 0.5) is 0 Å². The molecule has 0 aromatic heterocycles. The van der Waals surface area contributed by atoms with E-state index in [0.29, 0.717) is 16.1 Å². The van der Waals surface area contributed by atoms with Gasteiger partial charge in [-0.25, -0.2) is 0 Å². The van der Waals surface area contributed by atoms with Crippen molar-refractivity contribution in [2.75, 3.05) is 0 Å². The molecule has 0 fully saturated rings. The molecule has 3 amide bonds. The van der Waals surface area contributed by atoms with Gasteiger partial charge < -0.3 is 10.4 Å². The topological polar surface area (TPSA) is 108 Å². The first-order valence-electron chi connectivity index (χ1n) is 9.43. The summed E-state index contributed by atoms with van der Waals surface area (Å²) < 4.78 is 0. The molecule has 0 radical (unpaired) electrons. The van der Waals surface area contributed by atoms with Gasteiger partial charge in [-0.1, -0.05) is 66.2 Å². The molecule has 1 atom stereocenters. The van der Waals surface area contributed by atoms with E-state index in [1.54, 1.807) is 60.7 Å². The van der Waals surface area contributed by atoms with Crippen LogP contribution in [-0.4, -0.2) is 22.8 Å². The monoisotopic (exact) mass is 437 g/mol. The summed E-state index contributed by atoms with van der Waals surface area (Å²) in [5.74, 6) is -1.83. The van der Waals surface area contributed by atoms with Crippen LogP contribution in [0.15, 0.2) is 78.9 Å². The standard InChI is InChI=1S/C23H20ClN3O4/c24-18-12-6-4-10-16(18)22(30)25-19(15-8-2-1-3-9-15)14-21(29)26-27-23(31)17-11-5-7-13-20(17)28/h1-13,19,28H,14H2,(H,25,30)(H,26,29)(H,27,31). The van der Waals surface area contributed by atoms with Gasteiger partial charge in [0.05, 0.1) is 28.6 Å². The van der Waals surface area contributed by atoms with Crippen molar-refractivity contribution < 1.29 is 19.5 Å². The zero-order chi connectivity index (χ0) is 22.2. The molecule has 158 valence electrons. The van der Waals surface area contributed by atoms with Crippen molar-refractivity contribution in [1.82, 2.24) is 16.2 Å². The molecule has 3 aromatic carbocycles. The Morgan fingerprint density at radius 2 is 1.39 bits per heavy atom. The minimum absolute atomic E-state index is 0.0226. The highest BCUT2D eigenvalue weighted by molar-refractivity contribution is 6.33. The maximum Gasteiger partial charge on any atom is 0.273 e. The Morgan fingerprint density at radius 1 is 0.774 bits per heavy atom. The van der Waals surface area contributed by atoms with E-state index < -0.39 is 23.8 Å². The highest BCUT2D eigenvalue weighted by Crippen LogP contribution is 2.20. The fourth-order valence-corrected chi connectivity index (χ4v) is 3.14. The van der Waals surface area contributed by atoms with Gasteiger partial charge in [-0.15, -0.1) is 0 Å². The Labute approximate surface area is 184 Å². The molecular weight excluding hydrogens is 418 g/mol. The lowest BCUT2D eigenvalue weighted by Crippen LogP contribution is -2.43. The van der Waals surface area contributed by atoms with E-state index in [1.807, 2.05) is 6.07 Å². The predicted molar refractivity (Wildman–Crippen MR) is 116 cm³/mol. The average Bonchev–Trinajstić information content (AvgIpc) is 2.78. The van der Waals surface area contributed by atoms with Gasteiger partial charge in [0.25, 0.3) is 11.8 Å². The lowest BCUT2D eigenvalue weighted by atomic mass is 10.0. The number of para-hydroxylation sites is 1. The number of amides is 3. The molecule has 0 saturated heterocycles. The van der Waals surface area contributed by atoms with Gasteiger partial charge in [0, 0.05) is 0 Å². The van der Waals surface area contributed by atoms with Gasteiger partial charge >= 0.3 is 0 Å². The zero-order valence-corrected chi connectivity index (χ0v) is 17.1. The summed E-state index contributed by atoms with van der Waals surface area (Å²) in [4.78, 5) is 37.3. The molecule has 3 rings (SSSR count). The van der Waals surface area contributed by atoms with Gasteiger partial charge in [0.2, 0.25) is 5.91 Å². The minimum Gasteiger partial charge on any atom is -0.507 e. The van der Waals surface area contributed by atoms with Crippen LogP contribution in [0.1, 0.15) is 38.7 Å². The predicted octanol–water partition coefficient (Wildman–Crippen LogP) is 3.37. The normalized spacial score (nSPS) is 11.3. The van der Waals surface area contributed by atoms with Crippen LogP contribution in [0.25, 0.3) is 0 Å². The van der Waals surface area contributed by atoms with Gasteiger partial charge in [0.15, 0.2) is 0 Å². The summed E-state index contributed by atoms with van der Waals surface area (Å²) in [5, 5.41) is 12.8. The third-order valence-corrected chi connectivity index (χ3v) is 4.81. The van der Waals surface area contributed by atoms with Crippen LogP contribution >= 0.6 is 11.6 Å². The van der Waals surface area contributed by atoms with Crippen LogP contribution < -0.4 is 16.2 Å². The highest BCUT2D eigenvalue weighted by Gasteiger charge is 2.21. The number of hydrazine groups is 1. The Kier molecular flexibility index (Phi) is 7.24. The third kappa shape index (κ3) is 5.83. The minimum atomic E-state index is -0.664. The molecule has 0 spiro atoms. The molecule has 7 nitrogen and oxygen atoms in total. The summed E-state index contributed by atoms with van der Waals surface area (Å²) in [6.07, 6.45) is -0.138. The van der Waals surface area contributed by atoms with Gasteiger partial charge in [-0.2, -0.15) is 0 Å². The Morgan fingerprint density at radius 3 is 2.06 bits per heavy atom. The second-order valence-corrected chi connectivity index (χ2v) is 7.05. The molecule has 8 heteroatoms. The Hall–Kier alpha value is -3.84. The number of halogens is 1. The number of rotatable bonds is 6. The van der Waals surface area contributed by atoms with E-state index >= 15 is 0 Å². The molecule has 3 aromatic rings. The number of nitrogens with one attached hydrogen (secondary N) is 3. The number of carbonyl (C=O) groups excluding carboxylic acids is 3. The number of aromatic hydroxyl groups is 1. The second kappa shape index (κ2) is 10.3. The van der Waals surface area contributed by atoms with Crippen LogP contribution in [0, 0.1) is 0 Å². The number of hydrogen-bond donors (Lipinski definition) is 4. The summed E-state index contributed by atoms with van der Waals surface area (Å²) in [6, 6.07) is 20.9. The number of phenolic OH excluding ortho intramolecular Hbond substituents is 1. The molecule has 0 aliphatic carbocycles. The van der Waals surface area contributed by atoms with Crippen molar-refractivity contribution >= 4 is 29.3 Å². The van der Waals surface area contributed by atoms with E-state index in [-0.39, 0.29) is 17.7 Å². The summed E-state index contributed by atoms with van der Waals surface area (Å²) in [6.45, 7) is 0. The first kappa shape index (κ1) is 21.9. The van der Waals surface area contributed by atoms with E-state index in [0.717, 1.165) is 0 Å². The smallest absolute Gasteiger partial charge is 0.273 e. The van der Waals surface area contributed by atoms with E-state index in [1.165, 1.54) is 12.1 Å². The maximum atomic E-state index is 12.7. The van der Waals surface area contributed by atoms with Crippen LogP contribution in [-0.2, 0) is 4.79 Å². The fourth-order valence-electron chi connectivity index (χ4n) is 2.91. The van der Waals surface area contributed by atoms with E-state index in [2.05, 4.69) is 16.2 Å². The quantitative estimate of drug-likeness (QED) is 0.443. The molecule has 0 heterocycles. The SMILES string of the molecule is O=C(CC(NC(=O)c1ccccc1Cl)c1ccccc1)NNC(=O)c1ccccc1O. The fraction of sp³-hybridized carbons (Fsp3) is 0.0870. The number of carbonyl (C=O) groups is 3. The van der Waals surface area contributed by atoms with Gasteiger partial charge in [-0.05, 0) is 29.8 Å². The van der Waals surface area contributed by atoms with E-state index in [4.69, 9.17) is 11.6 Å². The Balaban J connectivity index is 1.68. The van der Waals surface area contributed by atoms with E-state index in [9.17, 15) is 19.5 Å². The lowest BCUT2D eigenvalue weighted by Gasteiger charge is -2.19. The van der Waals surface area contributed by atoms with Crippen LogP contribution in [0.2, 0.25) is 5.02 Å². The average molecular weight is 438 g/mol. The van der Waals surface area contributed by atoms with Crippen molar-refractivity contribution in [3.05, 3.63) is 101 Å². The first-order valence-corrected chi connectivity index (χ1v) is 9.81. The van der Waals surface area contributed by atoms with Crippen molar-refractivity contribution in [2.45, 2.75) is 12.5 Å². The highest BCUT2D eigenvalue weighted by atomic mass is 35.5. The van der Waals surface area contributed by atoms with Crippen molar-refractivity contribution in [1.29, 1.82) is 0 Å². The third-order valence-electron chi connectivity index (χ3n) is 4.48. The van der Waals surface area contributed by atoms with Crippen molar-refractivity contribution in [3.8, 4) is 5.75 Å². The number of hydrogen-bond acceptors (Lipinski definition) is 4. The molecule has 0 saturated carbocycles. The summed E-state index contributed by atoms with van der Waals surface area (Å²) in [5.41, 5.74) is 5.59. The summed E-state index contributed by atoms with van der Waals surface area (Å²) >= 11 is 6.10. The Bertz CT molecular complexity index is 1090. The maximum absolute atomic E-state index is 12.7. The van der Waals surface area contributed by atoms with Crippen LogP contribution in [0.3, 0.4) is 0 Å². The number of benzene rings is 3. The number of phenols is 1. The first-order chi connectivity index (χ1) is 15.0. The molecule has 4 N–H and O–H groups in total. The molecular formula is C23H20ClN3O4. The van der Waals surface area contributed by atoms with Crippen molar-refractivity contribution in [3.63, 3.8) is 0 Å². The molecule has 31 heavy (non-hydrogen) atoms. The van der Waals surface area contributed by atoms with Crippen LogP contribution in [0.5, 0.6) is 5.75 Å². The van der Waals surface area contributed by atoms with Crippen molar-refractivity contribution in [2.24, 2.45) is 0 Å². The molecule has 0 aliphatic rings. The molecule has 0 bridgehead atoms. The summed E-state index contributed by atoms with van der Waals surface area (Å²) in [7, 11) is 0. The van der Waals surface area contributed by atoms with Gasteiger partial charge in [0.1, 0.15) is 5.75 Å². The molecule has 0 aliphatic heterocycles. The molecule has 1 unspecified atom stereocenters. The lowest BCUT2D eigenvalue weighted by molar-refractivity contribution is -0.122. The largest absolute Gasteiger partial charge is 0.507 e. The zero-order valence-electron chi connectivity index (χ0n) is 16.3. The van der Waals surface area contributed by atoms with Gasteiger partial charge in [-0.3, -0.25) is 25.2 Å². The second-order valence-electron chi connectivity index (χ2n) is 6.64.